The molecule has 1 aromatic carbocycles. The number of hydrogen-bond acceptors (Lipinski definition) is 4. The third-order valence-electron chi connectivity index (χ3n) is 4.49. The van der Waals surface area contributed by atoms with E-state index in [1.54, 1.807) is 10.7 Å². The van der Waals surface area contributed by atoms with Gasteiger partial charge in [0, 0.05) is 16.5 Å². The number of benzene rings is 1. The Morgan fingerprint density at radius 1 is 1.35 bits per heavy atom. The highest BCUT2D eigenvalue weighted by Gasteiger charge is 2.42. The zero-order valence-corrected chi connectivity index (χ0v) is 14.0. The molecular formula is C15H15ClFN3O2S. The van der Waals surface area contributed by atoms with Gasteiger partial charge in [0.05, 0.1) is 11.3 Å². The summed E-state index contributed by atoms with van der Waals surface area (Å²) in [5.74, 6) is 0.226. The third kappa shape index (κ3) is 2.37. The molecule has 0 unspecified atom stereocenters. The molecule has 1 fully saturated rings. The lowest BCUT2D eigenvalue weighted by atomic mass is 10.00. The monoisotopic (exact) mass is 355 g/mol. The molecule has 0 saturated heterocycles. The predicted octanol–water partition coefficient (Wildman–Crippen LogP) is 3.10. The molecule has 0 bridgehead atoms. The maximum atomic E-state index is 14.2. The van der Waals surface area contributed by atoms with Gasteiger partial charge in [-0.25, -0.2) is 22.5 Å². The zero-order valence-electron chi connectivity index (χ0n) is 12.4. The van der Waals surface area contributed by atoms with Crippen LogP contribution in [0.4, 0.5) is 4.39 Å². The maximum Gasteiger partial charge on any atom is 0.267 e. The summed E-state index contributed by atoms with van der Waals surface area (Å²) in [7, 11) is -3.45. The molecule has 1 saturated carbocycles. The van der Waals surface area contributed by atoms with Crippen molar-refractivity contribution < 1.29 is 12.8 Å². The SMILES string of the molecule is C[C@H]1C[C@@H](c2cc(Cl)ccc2F)n2nc(S(=O)(=O)C3CC3)nc21. The minimum atomic E-state index is -3.45. The van der Waals surface area contributed by atoms with E-state index in [1.165, 1.54) is 12.1 Å². The summed E-state index contributed by atoms with van der Waals surface area (Å²) in [5.41, 5.74) is 0.420. The minimum Gasteiger partial charge on any atom is -0.241 e. The van der Waals surface area contributed by atoms with Gasteiger partial charge in [0.15, 0.2) is 0 Å². The van der Waals surface area contributed by atoms with Crippen LogP contribution in [-0.4, -0.2) is 28.4 Å². The highest BCUT2D eigenvalue weighted by atomic mass is 35.5. The van der Waals surface area contributed by atoms with Crippen LogP contribution in [0.5, 0.6) is 0 Å². The normalized spacial score (nSPS) is 24.0. The Morgan fingerprint density at radius 2 is 2.09 bits per heavy atom. The average Bonchev–Trinajstić information content (AvgIpc) is 3.19. The van der Waals surface area contributed by atoms with E-state index in [0.717, 1.165) is 0 Å². The van der Waals surface area contributed by atoms with E-state index in [4.69, 9.17) is 11.6 Å². The molecule has 8 heteroatoms. The van der Waals surface area contributed by atoms with Crippen molar-refractivity contribution in [2.24, 2.45) is 0 Å². The van der Waals surface area contributed by atoms with Crippen LogP contribution in [0, 0.1) is 5.82 Å². The van der Waals surface area contributed by atoms with Gasteiger partial charge in [-0.2, -0.15) is 0 Å². The number of fused-ring (bicyclic) bond motifs is 1. The van der Waals surface area contributed by atoms with Crippen molar-refractivity contribution in [3.8, 4) is 0 Å². The number of sulfone groups is 1. The Balaban J connectivity index is 1.80. The highest BCUT2D eigenvalue weighted by Crippen LogP contribution is 2.41. The van der Waals surface area contributed by atoms with Gasteiger partial charge in [0.2, 0.25) is 9.84 Å². The summed E-state index contributed by atoms with van der Waals surface area (Å²) < 4.78 is 40.4. The summed E-state index contributed by atoms with van der Waals surface area (Å²) in [5, 5.41) is 4.16. The lowest BCUT2D eigenvalue weighted by Gasteiger charge is -2.13. The molecule has 2 heterocycles. The van der Waals surface area contributed by atoms with Gasteiger partial charge < -0.3 is 0 Å². The van der Waals surface area contributed by atoms with E-state index in [2.05, 4.69) is 10.1 Å². The zero-order chi connectivity index (χ0) is 16.4. The second-order valence-electron chi connectivity index (χ2n) is 6.26. The van der Waals surface area contributed by atoms with Gasteiger partial charge in [-0.05, 0) is 37.5 Å². The lowest BCUT2D eigenvalue weighted by Crippen LogP contribution is -2.13. The molecule has 2 atom stereocenters. The Morgan fingerprint density at radius 3 is 2.78 bits per heavy atom. The molecule has 0 amide bonds. The molecule has 5 nitrogen and oxygen atoms in total. The molecular weight excluding hydrogens is 341 g/mol. The average molecular weight is 356 g/mol. The van der Waals surface area contributed by atoms with E-state index < -0.39 is 9.84 Å². The smallest absolute Gasteiger partial charge is 0.241 e. The number of rotatable bonds is 3. The molecule has 23 heavy (non-hydrogen) atoms. The number of hydrogen-bond donors (Lipinski definition) is 0. The maximum absolute atomic E-state index is 14.2. The topological polar surface area (TPSA) is 64.8 Å². The molecule has 0 spiro atoms. The van der Waals surface area contributed by atoms with Gasteiger partial charge in [-0.3, -0.25) is 0 Å². The Kier molecular flexibility index (Phi) is 3.29. The van der Waals surface area contributed by atoms with Crippen LogP contribution in [0.25, 0.3) is 0 Å². The quantitative estimate of drug-likeness (QED) is 0.848. The largest absolute Gasteiger partial charge is 0.267 e. The lowest BCUT2D eigenvalue weighted by molar-refractivity contribution is 0.494. The molecule has 1 aliphatic carbocycles. The molecule has 122 valence electrons. The van der Waals surface area contributed by atoms with Crippen molar-refractivity contribution >= 4 is 21.4 Å². The first kappa shape index (κ1) is 15.1. The van der Waals surface area contributed by atoms with Gasteiger partial charge >= 0.3 is 0 Å². The van der Waals surface area contributed by atoms with Crippen LogP contribution >= 0.6 is 11.6 Å². The third-order valence-corrected chi connectivity index (χ3v) is 6.75. The Hall–Kier alpha value is -1.47. The van der Waals surface area contributed by atoms with Crippen molar-refractivity contribution in [3.63, 3.8) is 0 Å². The van der Waals surface area contributed by atoms with Crippen molar-refractivity contribution in [1.29, 1.82) is 0 Å². The predicted molar refractivity (Wildman–Crippen MR) is 82.8 cm³/mol. The van der Waals surface area contributed by atoms with Gasteiger partial charge in [-0.1, -0.05) is 18.5 Å². The minimum absolute atomic E-state index is 0.00837. The Labute approximate surface area is 138 Å². The molecule has 2 aliphatic rings. The van der Waals surface area contributed by atoms with Crippen LogP contribution in [0.15, 0.2) is 23.4 Å². The van der Waals surface area contributed by atoms with Crippen molar-refractivity contribution in [2.45, 2.75) is 48.6 Å². The molecule has 2 aromatic rings. The second kappa shape index (κ2) is 5.01. The summed E-state index contributed by atoms with van der Waals surface area (Å²) in [6.07, 6.45) is 1.94. The number of aromatic nitrogens is 3. The fraction of sp³-hybridized carbons (Fsp3) is 0.467. The van der Waals surface area contributed by atoms with E-state index >= 15 is 0 Å². The van der Waals surface area contributed by atoms with Crippen molar-refractivity contribution in [2.75, 3.05) is 0 Å². The van der Waals surface area contributed by atoms with Gasteiger partial charge in [0.25, 0.3) is 5.16 Å². The summed E-state index contributed by atoms with van der Waals surface area (Å²) in [6.45, 7) is 1.94. The number of halogens is 2. The number of nitrogens with zero attached hydrogens (tertiary/aromatic N) is 3. The fourth-order valence-electron chi connectivity index (χ4n) is 3.10. The van der Waals surface area contributed by atoms with E-state index in [1.807, 2.05) is 6.92 Å². The molecule has 0 radical (unpaired) electrons. The first-order valence-electron chi connectivity index (χ1n) is 7.53. The van der Waals surface area contributed by atoms with E-state index in [0.29, 0.717) is 35.7 Å². The van der Waals surface area contributed by atoms with Crippen molar-refractivity contribution in [3.05, 3.63) is 40.4 Å². The van der Waals surface area contributed by atoms with Gasteiger partial charge in [0.1, 0.15) is 11.6 Å². The highest BCUT2D eigenvalue weighted by molar-refractivity contribution is 7.92. The van der Waals surface area contributed by atoms with Crippen LogP contribution in [-0.2, 0) is 9.84 Å². The molecule has 1 aromatic heterocycles. The van der Waals surface area contributed by atoms with E-state index in [9.17, 15) is 12.8 Å². The van der Waals surface area contributed by atoms with Crippen LogP contribution < -0.4 is 0 Å². The van der Waals surface area contributed by atoms with Gasteiger partial charge in [-0.15, -0.1) is 5.10 Å². The first-order valence-corrected chi connectivity index (χ1v) is 9.45. The summed E-state index contributed by atoms with van der Waals surface area (Å²) >= 11 is 5.98. The van der Waals surface area contributed by atoms with Crippen molar-refractivity contribution in [1.82, 2.24) is 14.8 Å². The first-order chi connectivity index (χ1) is 10.9. The Bertz CT molecular complexity index is 892. The summed E-state index contributed by atoms with van der Waals surface area (Å²) in [6, 6.07) is 4.00. The molecule has 1 aliphatic heterocycles. The fourth-order valence-corrected chi connectivity index (χ4v) is 4.75. The van der Waals surface area contributed by atoms with Crippen LogP contribution in [0.2, 0.25) is 5.02 Å². The molecule has 0 N–H and O–H groups in total. The van der Waals surface area contributed by atoms with E-state index in [-0.39, 0.29) is 28.2 Å². The van der Waals surface area contributed by atoms with Crippen LogP contribution in [0.1, 0.15) is 49.5 Å². The molecule has 4 rings (SSSR count). The summed E-state index contributed by atoms with van der Waals surface area (Å²) in [4.78, 5) is 4.24. The van der Waals surface area contributed by atoms with Crippen LogP contribution in [0.3, 0.4) is 0 Å². The standard InChI is InChI=1S/C15H15ClFN3O2S/c1-8-6-13(11-7-9(16)2-5-12(11)17)20-14(8)18-15(19-20)23(21,22)10-3-4-10/h2,5,7-8,10,13H,3-4,6H2,1H3/t8-,13-/m0/s1. The second-order valence-corrected chi connectivity index (χ2v) is 8.82.